The number of nitrogens with zero attached hydrogens (tertiary/aromatic N) is 1. The van der Waals surface area contributed by atoms with E-state index in [-0.39, 0.29) is 0 Å². The summed E-state index contributed by atoms with van der Waals surface area (Å²) in [7, 11) is 0. The molecule has 1 atom stereocenters. The molecule has 2 nitrogen and oxygen atoms in total. The lowest BCUT2D eigenvalue weighted by Gasteiger charge is -2.22. The molecule has 1 saturated heterocycles. The van der Waals surface area contributed by atoms with Gasteiger partial charge in [0, 0.05) is 25.6 Å². The quantitative estimate of drug-likeness (QED) is 0.527. The summed E-state index contributed by atoms with van der Waals surface area (Å²) in [5.41, 5.74) is 0. The van der Waals surface area contributed by atoms with Crippen LogP contribution >= 0.6 is 0 Å². The highest BCUT2D eigenvalue weighted by Crippen LogP contribution is 2.15. The van der Waals surface area contributed by atoms with Gasteiger partial charge in [-0.15, -0.1) is 11.8 Å². The van der Waals surface area contributed by atoms with Crippen LogP contribution < -0.4 is 5.32 Å². The SMILES string of the molecule is CC#CCCNCC1CCCN1CC. The molecule has 1 aliphatic heterocycles. The summed E-state index contributed by atoms with van der Waals surface area (Å²) in [6, 6.07) is 0.773. The highest BCUT2D eigenvalue weighted by atomic mass is 15.2. The summed E-state index contributed by atoms with van der Waals surface area (Å²) in [5, 5.41) is 3.48. The number of nitrogens with one attached hydrogen (secondary N) is 1. The van der Waals surface area contributed by atoms with Gasteiger partial charge in [0.15, 0.2) is 0 Å². The fourth-order valence-electron chi connectivity index (χ4n) is 2.09. The van der Waals surface area contributed by atoms with Gasteiger partial charge in [-0.25, -0.2) is 0 Å². The summed E-state index contributed by atoms with van der Waals surface area (Å²) in [4.78, 5) is 2.57. The fraction of sp³-hybridized carbons (Fsp3) is 0.833. The Morgan fingerprint density at radius 3 is 3.07 bits per heavy atom. The third-order valence-electron chi connectivity index (χ3n) is 2.89. The Balaban J connectivity index is 2.07. The third-order valence-corrected chi connectivity index (χ3v) is 2.89. The van der Waals surface area contributed by atoms with E-state index in [1.165, 1.54) is 25.9 Å². The molecule has 0 amide bonds. The van der Waals surface area contributed by atoms with Gasteiger partial charge in [-0.05, 0) is 32.9 Å². The normalized spacial score (nSPS) is 22.0. The number of hydrogen-bond acceptors (Lipinski definition) is 2. The number of likely N-dealkylation sites (tertiary alicyclic amines) is 1. The lowest BCUT2D eigenvalue weighted by molar-refractivity contribution is 0.261. The Morgan fingerprint density at radius 1 is 1.50 bits per heavy atom. The van der Waals surface area contributed by atoms with Gasteiger partial charge < -0.3 is 5.32 Å². The van der Waals surface area contributed by atoms with Crippen LogP contribution in [-0.2, 0) is 0 Å². The van der Waals surface area contributed by atoms with Crippen molar-refractivity contribution in [2.45, 2.75) is 39.2 Å². The Kier molecular flexibility index (Phi) is 5.66. The molecule has 0 saturated carbocycles. The smallest absolute Gasteiger partial charge is 0.0221 e. The van der Waals surface area contributed by atoms with E-state index in [4.69, 9.17) is 0 Å². The van der Waals surface area contributed by atoms with Crippen molar-refractivity contribution < 1.29 is 0 Å². The molecule has 1 fully saturated rings. The molecule has 0 aromatic carbocycles. The van der Waals surface area contributed by atoms with Crippen molar-refractivity contribution in [3.05, 3.63) is 0 Å². The minimum Gasteiger partial charge on any atom is -0.314 e. The van der Waals surface area contributed by atoms with E-state index >= 15 is 0 Å². The highest BCUT2D eigenvalue weighted by molar-refractivity contribution is 4.95. The lowest BCUT2D eigenvalue weighted by Crippen LogP contribution is -2.37. The number of hydrogen-bond donors (Lipinski definition) is 1. The second-order valence-corrected chi connectivity index (χ2v) is 3.81. The van der Waals surface area contributed by atoms with E-state index in [0.29, 0.717) is 0 Å². The van der Waals surface area contributed by atoms with Crippen molar-refractivity contribution in [2.75, 3.05) is 26.2 Å². The van der Waals surface area contributed by atoms with Gasteiger partial charge in [-0.1, -0.05) is 6.92 Å². The maximum Gasteiger partial charge on any atom is 0.0221 e. The molecule has 0 spiro atoms. The van der Waals surface area contributed by atoms with Gasteiger partial charge in [0.05, 0.1) is 0 Å². The Morgan fingerprint density at radius 2 is 2.36 bits per heavy atom. The van der Waals surface area contributed by atoms with Gasteiger partial charge in [0.1, 0.15) is 0 Å². The maximum absolute atomic E-state index is 3.48. The molecule has 1 N–H and O–H groups in total. The molecule has 2 heteroatoms. The number of likely N-dealkylation sites (N-methyl/N-ethyl adjacent to an activating group) is 1. The van der Waals surface area contributed by atoms with Crippen LogP contribution in [0, 0.1) is 11.8 Å². The average molecular weight is 194 g/mol. The topological polar surface area (TPSA) is 15.3 Å². The van der Waals surface area contributed by atoms with Crippen molar-refractivity contribution in [3.8, 4) is 11.8 Å². The minimum absolute atomic E-state index is 0.773. The van der Waals surface area contributed by atoms with E-state index in [2.05, 4.69) is 29.0 Å². The van der Waals surface area contributed by atoms with Crippen molar-refractivity contribution in [3.63, 3.8) is 0 Å². The molecule has 80 valence electrons. The summed E-state index contributed by atoms with van der Waals surface area (Å²) in [6.07, 6.45) is 3.71. The van der Waals surface area contributed by atoms with Crippen LogP contribution in [0.5, 0.6) is 0 Å². The summed E-state index contributed by atoms with van der Waals surface area (Å²) in [5.74, 6) is 5.99. The first-order valence-electron chi connectivity index (χ1n) is 5.72. The van der Waals surface area contributed by atoms with E-state index in [9.17, 15) is 0 Å². The largest absolute Gasteiger partial charge is 0.314 e. The van der Waals surface area contributed by atoms with Crippen LogP contribution in [0.3, 0.4) is 0 Å². The summed E-state index contributed by atoms with van der Waals surface area (Å²) < 4.78 is 0. The van der Waals surface area contributed by atoms with Crippen molar-refractivity contribution >= 4 is 0 Å². The molecule has 1 rings (SSSR count). The first kappa shape index (κ1) is 11.6. The van der Waals surface area contributed by atoms with Gasteiger partial charge in [-0.3, -0.25) is 4.90 Å². The second-order valence-electron chi connectivity index (χ2n) is 3.81. The van der Waals surface area contributed by atoms with Crippen LogP contribution in [0.2, 0.25) is 0 Å². The minimum atomic E-state index is 0.773. The molecule has 1 aliphatic rings. The zero-order valence-electron chi connectivity index (χ0n) is 9.47. The predicted molar refractivity (Wildman–Crippen MR) is 61.2 cm³/mol. The third kappa shape index (κ3) is 3.69. The Hall–Kier alpha value is -0.520. The lowest BCUT2D eigenvalue weighted by atomic mass is 10.2. The first-order chi connectivity index (χ1) is 6.88. The first-order valence-corrected chi connectivity index (χ1v) is 5.72. The number of rotatable bonds is 5. The maximum atomic E-state index is 3.48. The fourth-order valence-corrected chi connectivity index (χ4v) is 2.09. The van der Waals surface area contributed by atoms with Crippen LogP contribution in [0.25, 0.3) is 0 Å². The summed E-state index contributed by atoms with van der Waals surface area (Å²) >= 11 is 0. The van der Waals surface area contributed by atoms with Crippen molar-refractivity contribution in [1.29, 1.82) is 0 Å². The van der Waals surface area contributed by atoms with Crippen LogP contribution in [0.15, 0.2) is 0 Å². The zero-order valence-corrected chi connectivity index (χ0v) is 9.47. The molecule has 0 aromatic rings. The molecule has 1 unspecified atom stereocenters. The molecule has 0 radical (unpaired) electrons. The Labute approximate surface area is 88.1 Å². The predicted octanol–water partition coefficient (Wildman–Crippen LogP) is 1.47. The molecule has 0 bridgehead atoms. The molecule has 0 aromatic heterocycles. The molecular weight excluding hydrogens is 172 g/mol. The molecular formula is C12H22N2. The highest BCUT2D eigenvalue weighted by Gasteiger charge is 2.21. The molecule has 0 aliphatic carbocycles. The summed E-state index contributed by atoms with van der Waals surface area (Å²) in [6.45, 7) is 8.81. The second kappa shape index (κ2) is 6.86. The monoisotopic (exact) mass is 194 g/mol. The van der Waals surface area contributed by atoms with Crippen LogP contribution in [0.1, 0.15) is 33.1 Å². The van der Waals surface area contributed by atoms with E-state index in [1.54, 1.807) is 0 Å². The van der Waals surface area contributed by atoms with Gasteiger partial charge in [0.25, 0.3) is 0 Å². The van der Waals surface area contributed by atoms with Gasteiger partial charge in [0.2, 0.25) is 0 Å². The van der Waals surface area contributed by atoms with E-state index in [1.807, 2.05) is 6.92 Å². The average Bonchev–Trinajstić information content (AvgIpc) is 2.65. The zero-order chi connectivity index (χ0) is 10.2. The van der Waals surface area contributed by atoms with Gasteiger partial charge in [-0.2, -0.15) is 0 Å². The standard InChI is InChI=1S/C12H22N2/c1-3-5-6-9-13-11-12-8-7-10-14(12)4-2/h12-13H,4,6-11H2,1-2H3. The van der Waals surface area contributed by atoms with Crippen LogP contribution in [0.4, 0.5) is 0 Å². The molecule has 1 heterocycles. The van der Waals surface area contributed by atoms with Crippen LogP contribution in [-0.4, -0.2) is 37.1 Å². The van der Waals surface area contributed by atoms with Crippen molar-refractivity contribution in [1.82, 2.24) is 10.2 Å². The van der Waals surface area contributed by atoms with Gasteiger partial charge >= 0.3 is 0 Å². The van der Waals surface area contributed by atoms with E-state index in [0.717, 1.165) is 25.6 Å². The Bertz CT molecular complexity index is 202. The molecule has 14 heavy (non-hydrogen) atoms. The van der Waals surface area contributed by atoms with Crippen molar-refractivity contribution in [2.24, 2.45) is 0 Å². The van der Waals surface area contributed by atoms with E-state index < -0.39 is 0 Å².